The third-order valence-electron chi connectivity index (χ3n) is 2.66. The highest BCUT2D eigenvalue weighted by Gasteiger charge is 2.21. The topological polar surface area (TPSA) is 43.8 Å². The quantitative estimate of drug-likeness (QED) is 0.793. The van der Waals surface area contributed by atoms with E-state index in [1.54, 1.807) is 4.90 Å². The van der Waals surface area contributed by atoms with E-state index in [1.807, 2.05) is 11.9 Å². The first kappa shape index (κ1) is 13.5. The predicted octanol–water partition coefficient (Wildman–Crippen LogP) is 0.654. The maximum Gasteiger partial charge on any atom is 0.236 e. The van der Waals surface area contributed by atoms with Gasteiger partial charge in [0.25, 0.3) is 0 Å². The zero-order valence-electron chi connectivity index (χ0n) is 9.65. The number of rotatable bonds is 4. The number of carbonyl (C=O) groups is 1. The van der Waals surface area contributed by atoms with Gasteiger partial charge < -0.3 is 10.0 Å². The first-order chi connectivity index (χ1) is 7.49. The Labute approximate surface area is 101 Å². The van der Waals surface area contributed by atoms with Crippen molar-refractivity contribution in [2.75, 3.05) is 33.2 Å². The fourth-order valence-corrected chi connectivity index (χ4v) is 2.00. The van der Waals surface area contributed by atoms with Gasteiger partial charge in [-0.15, -0.1) is 0 Å². The van der Waals surface area contributed by atoms with Crippen molar-refractivity contribution in [3.63, 3.8) is 0 Å². The number of amides is 1. The summed E-state index contributed by atoms with van der Waals surface area (Å²) in [4.78, 5) is 15.5. The summed E-state index contributed by atoms with van der Waals surface area (Å²) in [6.07, 6.45) is 1.11. The van der Waals surface area contributed by atoms with E-state index >= 15 is 0 Å². The van der Waals surface area contributed by atoms with Crippen LogP contribution < -0.4 is 0 Å². The van der Waals surface area contributed by atoms with Crippen LogP contribution in [-0.4, -0.2) is 60.1 Å². The van der Waals surface area contributed by atoms with Crippen LogP contribution in [0.5, 0.6) is 0 Å². The normalized spacial score (nSPS) is 17.9. The summed E-state index contributed by atoms with van der Waals surface area (Å²) in [5, 5.41) is 9.86. The largest absolute Gasteiger partial charge is 0.393 e. The molecule has 1 rings (SSSR count). The van der Waals surface area contributed by atoms with Gasteiger partial charge in [0.15, 0.2) is 0 Å². The SMILES string of the molecule is C=C(Cl)CN(C)CC(=O)N1CCC(O)CC1. The van der Waals surface area contributed by atoms with Gasteiger partial charge in [0.05, 0.1) is 12.6 Å². The zero-order valence-corrected chi connectivity index (χ0v) is 10.4. The van der Waals surface area contributed by atoms with E-state index in [0.717, 1.165) is 0 Å². The van der Waals surface area contributed by atoms with Crippen molar-refractivity contribution in [3.8, 4) is 0 Å². The highest BCUT2D eigenvalue weighted by Crippen LogP contribution is 2.10. The van der Waals surface area contributed by atoms with Crippen LogP contribution in [0, 0.1) is 0 Å². The molecule has 0 aromatic heterocycles. The Kier molecular flexibility index (Phi) is 5.25. The van der Waals surface area contributed by atoms with Crippen molar-refractivity contribution in [2.24, 2.45) is 0 Å². The standard InChI is InChI=1S/C11H19ClN2O2/c1-9(12)7-13(2)8-11(16)14-5-3-10(15)4-6-14/h10,15H,1,3-8H2,2H3. The second-order valence-electron chi connectivity index (χ2n) is 4.30. The molecule has 92 valence electrons. The van der Waals surface area contributed by atoms with Gasteiger partial charge in [-0.3, -0.25) is 9.69 Å². The van der Waals surface area contributed by atoms with Gasteiger partial charge in [-0.05, 0) is 19.9 Å². The molecule has 0 saturated carbocycles. The lowest BCUT2D eigenvalue weighted by Gasteiger charge is -2.31. The fraction of sp³-hybridized carbons (Fsp3) is 0.727. The van der Waals surface area contributed by atoms with Crippen LogP contribution in [0.15, 0.2) is 11.6 Å². The minimum atomic E-state index is -0.246. The number of nitrogens with zero attached hydrogens (tertiary/aromatic N) is 2. The molecule has 5 heteroatoms. The molecule has 0 unspecified atom stereocenters. The van der Waals surface area contributed by atoms with E-state index in [0.29, 0.717) is 44.1 Å². The lowest BCUT2D eigenvalue weighted by atomic mass is 10.1. The van der Waals surface area contributed by atoms with Gasteiger partial charge in [0, 0.05) is 24.7 Å². The number of aliphatic hydroxyl groups is 1. The monoisotopic (exact) mass is 246 g/mol. The van der Waals surface area contributed by atoms with Gasteiger partial charge >= 0.3 is 0 Å². The second kappa shape index (κ2) is 6.23. The molecule has 1 heterocycles. The van der Waals surface area contributed by atoms with Crippen LogP contribution in [0.2, 0.25) is 0 Å². The maximum atomic E-state index is 11.8. The van der Waals surface area contributed by atoms with Gasteiger partial charge in [-0.2, -0.15) is 0 Å². The number of likely N-dealkylation sites (N-methyl/N-ethyl adjacent to an activating group) is 1. The van der Waals surface area contributed by atoms with E-state index in [2.05, 4.69) is 6.58 Å². The molecule has 16 heavy (non-hydrogen) atoms. The molecule has 1 aliphatic rings. The van der Waals surface area contributed by atoms with Crippen LogP contribution in [0.3, 0.4) is 0 Å². The van der Waals surface area contributed by atoms with Gasteiger partial charge in [0.2, 0.25) is 5.91 Å². The molecule has 1 fully saturated rings. The summed E-state index contributed by atoms with van der Waals surface area (Å²) in [6.45, 7) is 5.75. The third kappa shape index (κ3) is 4.51. The van der Waals surface area contributed by atoms with E-state index < -0.39 is 0 Å². The molecule has 0 aromatic carbocycles. The van der Waals surface area contributed by atoms with Crippen LogP contribution in [0.1, 0.15) is 12.8 Å². The number of hydrogen-bond acceptors (Lipinski definition) is 3. The maximum absolute atomic E-state index is 11.8. The number of hydrogen-bond donors (Lipinski definition) is 1. The summed E-state index contributed by atoms with van der Waals surface area (Å²) in [6, 6.07) is 0. The van der Waals surface area contributed by atoms with Crippen LogP contribution in [0.25, 0.3) is 0 Å². The van der Waals surface area contributed by atoms with E-state index in [1.165, 1.54) is 0 Å². The summed E-state index contributed by atoms with van der Waals surface area (Å²) < 4.78 is 0. The Morgan fingerprint density at radius 1 is 1.50 bits per heavy atom. The minimum Gasteiger partial charge on any atom is -0.393 e. The van der Waals surface area contributed by atoms with Gasteiger partial charge in [0.1, 0.15) is 0 Å². The number of carbonyl (C=O) groups excluding carboxylic acids is 1. The first-order valence-corrected chi connectivity index (χ1v) is 5.84. The van der Waals surface area contributed by atoms with Crippen LogP contribution >= 0.6 is 11.6 Å². The number of likely N-dealkylation sites (tertiary alicyclic amines) is 1. The molecule has 0 atom stereocenters. The van der Waals surface area contributed by atoms with Gasteiger partial charge in [-0.1, -0.05) is 18.2 Å². The summed E-state index contributed by atoms with van der Waals surface area (Å²) in [7, 11) is 1.84. The molecule has 0 radical (unpaired) electrons. The Morgan fingerprint density at radius 3 is 2.56 bits per heavy atom. The van der Waals surface area contributed by atoms with Crippen molar-refractivity contribution >= 4 is 17.5 Å². The van der Waals surface area contributed by atoms with Gasteiger partial charge in [-0.25, -0.2) is 0 Å². The van der Waals surface area contributed by atoms with Crippen LogP contribution in [-0.2, 0) is 4.79 Å². The molecule has 0 spiro atoms. The Balaban J connectivity index is 2.32. The lowest BCUT2D eigenvalue weighted by Crippen LogP contribution is -2.44. The average molecular weight is 247 g/mol. The molecule has 0 aliphatic carbocycles. The molecule has 1 saturated heterocycles. The van der Waals surface area contributed by atoms with E-state index in [9.17, 15) is 9.90 Å². The molecule has 1 aliphatic heterocycles. The number of halogens is 1. The predicted molar refractivity (Wildman–Crippen MR) is 64.3 cm³/mol. The third-order valence-corrected chi connectivity index (χ3v) is 2.78. The molecular weight excluding hydrogens is 228 g/mol. The molecule has 1 N–H and O–H groups in total. The second-order valence-corrected chi connectivity index (χ2v) is 4.84. The smallest absolute Gasteiger partial charge is 0.236 e. The lowest BCUT2D eigenvalue weighted by molar-refractivity contribution is -0.133. The Morgan fingerprint density at radius 2 is 2.06 bits per heavy atom. The molecule has 0 aromatic rings. The summed E-state index contributed by atoms with van der Waals surface area (Å²) >= 11 is 5.67. The van der Waals surface area contributed by atoms with E-state index in [4.69, 9.17) is 11.6 Å². The number of piperidine rings is 1. The van der Waals surface area contributed by atoms with Crippen molar-refractivity contribution in [3.05, 3.63) is 11.6 Å². The highest BCUT2D eigenvalue weighted by atomic mass is 35.5. The number of aliphatic hydroxyl groups excluding tert-OH is 1. The van der Waals surface area contributed by atoms with Crippen molar-refractivity contribution in [1.29, 1.82) is 0 Å². The van der Waals surface area contributed by atoms with Crippen molar-refractivity contribution < 1.29 is 9.90 Å². The summed E-state index contributed by atoms with van der Waals surface area (Å²) in [5.74, 6) is 0.0901. The van der Waals surface area contributed by atoms with Crippen molar-refractivity contribution in [2.45, 2.75) is 18.9 Å². The fourth-order valence-electron chi connectivity index (χ4n) is 1.79. The van der Waals surface area contributed by atoms with E-state index in [-0.39, 0.29) is 12.0 Å². The average Bonchev–Trinajstić information content (AvgIpc) is 2.16. The first-order valence-electron chi connectivity index (χ1n) is 5.46. The Bertz CT molecular complexity index is 263. The summed E-state index contributed by atoms with van der Waals surface area (Å²) in [5.41, 5.74) is 0. The highest BCUT2D eigenvalue weighted by molar-refractivity contribution is 6.29. The molecule has 4 nitrogen and oxygen atoms in total. The Hall–Kier alpha value is -0.580. The molecule has 1 amide bonds. The molecule has 0 bridgehead atoms. The zero-order chi connectivity index (χ0) is 12.1. The molecular formula is C11H19ClN2O2. The van der Waals surface area contributed by atoms with Crippen LogP contribution in [0.4, 0.5) is 0 Å². The van der Waals surface area contributed by atoms with Crippen molar-refractivity contribution in [1.82, 2.24) is 9.80 Å². The minimum absolute atomic E-state index is 0.0901.